The van der Waals surface area contributed by atoms with Crippen LogP contribution in [0, 0.1) is 11.3 Å². The highest BCUT2D eigenvalue weighted by Gasteiger charge is 2.53. The van der Waals surface area contributed by atoms with Gasteiger partial charge in [-0.05, 0) is 49.9 Å². The van der Waals surface area contributed by atoms with Crippen LogP contribution >= 0.6 is 0 Å². The lowest BCUT2D eigenvalue weighted by Gasteiger charge is -2.30. The number of aliphatic hydroxyl groups is 1. The van der Waals surface area contributed by atoms with Crippen LogP contribution in [0.1, 0.15) is 51.4 Å². The fourth-order valence-corrected chi connectivity index (χ4v) is 3.27. The van der Waals surface area contributed by atoms with Gasteiger partial charge in [0.05, 0.1) is 6.10 Å². The molecule has 3 saturated carbocycles. The Bertz CT molecular complexity index is 233. The van der Waals surface area contributed by atoms with Crippen LogP contribution in [0.4, 0.5) is 0 Å². The fraction of sp³-hybridized carbons (Fsp3) is 1.00. The van der Waals surface area contributed by atoms with Crippen molar-refractivity contribution in [2.24, 2.45) is 11.3 Å². The predicted molar refractivity (Wildman–Crippen MR) is 60.7 cm³/mol. The Morgan fingerprint density at radius 1 is 1.07 bits per heavy atom. The summed E-state index contributed by atoms with van der Waals surface area (Å²) in [6.45, 7) is 1.18. The van der Waals surface area contributed by atoms with Crippen molar-refractivity contribution < 1.29 is 5.11 Å². The van der Waals surface area contributed by atoms with E-state index in [0.29, 0.717) is 11.5 Å². The molecule has 0 radical (unpaired) electrons. The lowest BCUT2D eigenvalue weighted by atomic mass is 9.91. The van der Waals surface area contributed by atoms with Crippen molar-refractivity contribution in [2.45, 2.75) is 63.5 Å². The van der Waals surface area contributed by atoms with Crippen LogP contribution in [-0.2, 0) is 0 Å². The van der Waals surface area contributed by atoms with Gasteiger partial charge in [0.15, 0.2) is 0 Å². The minimum atomic E-state index is -0.0752. The van der Waals surface area contributed by atoms with Crippen LogP contribution in [-0.4, -0.2) is 23.8 Å². The van der Waals surface area contributed by atoms with E-state index in [2.05, 4.69) is 5.32 Å². The summed E-state index contributed by atoms with van der Waals surface area (Å²) in [7, 11) is 0. The Morgan fingerprint density at radius 2 is 1.80 bits per heavy atom. The minimum absolute atomic E-state index is 0.0752. The summed E-state index contributed by atoms with van der Waals surface area (Å²) >= 11 is 0. The van der Waals surface area contributed by atoms with Gasteiger partial charge in [-0.25, -0.2) is 0 Å². The molecule has 3 aliphatic carbocycles. The standard InChI is InChI=1S/C13H23NO/c15-12-4-2-1-3-11(12)14-9-13(7-8-13)10-5-6-10/h10-12,14-15H,1-9H2/t11-,12-/m0/s1. The van der Waals surface area contributed by atoms with Crippen molar-refractivity contribution in [3.05, 3.63) is 0 Å². The van der Waals surface area contributed by atoms with Crippen LogP contribution in [0.3, 0.4) is 0 Å². The highest BCUT2D eigenvalue weighted by molar-refractivity contribution is 5.05. The van der Waals surface area contributed by atoms with E-state index >= 15 is 0 Å². The Kier molecular flexibility index (Phi) is 2.52. The number of nitrogens with one attached hydrogen (secondary N) is 1. The number of hydrogen-bond donors (Lipinski definition) is 2. The summed E-state index contributed by atoms with van der Waals surface area (Å²) in [5.41, 5.74) is 0.678. The van der Waals surface area contributed by atoms with Gasteiger partial charge in [0.25, 0.3) is 0 Å². The first-order chi connectivity index (χ1) is 7.30. The molecule has 0 spiro atoms. The van der Waals surface area contributed by atoms with E-state index in [0.717, 1.165) is 12.3 Å². The average Bonchev–Trinajstić information content (AvgIpc) is 3.10. The summed E-state index contributed by atoms with van der Waals surface area (Å²) in [6.07, 6.45) is 10.4. The molecule has 2 heteroatoms. The second kappa shape index (κ2) is 3.74. The predicted octanol–water partition coefficient (Wildman–Crippen LogP) is 2.07. The zero-order valence-corrected chi connectivity index (χ0v) is 9.54. The van der Waals surface area contributed by atoms with E-state index in [1.165, 1.54) is 51.5 Å². The second-order valence-electron chi connectivity index (χ2n) is 5.98. The van der Waals surface area contributed by atoms with E-state index in [1.807, 2.05) is 0 Å². The van der Waals surface area contributed by atoms with Crippen molar-refractivity contribution in [3.63, 3.8) is 0 Å². The molecule has 0 amide bonds. The van der Waals surface area contributed by atoms with E-state index in [4.69, 9.17) is 0 Å². The van der Waals surface area contributed by atoms with Gasteiger partial charge in [0.2, 0.25) is 0 Å². The third kappa shape index (κ3) is 2.07. The zero-order valence-electron chi connectivity index (χ0n) is 9.54. The lowest BCUT2D eigenvalue weighted by Crippen LogP contribution is -2.44. The van der Waals surface area contributed by atoms with Crippen molar-refractivity contribution >= 4 is 0 Å². The first kappa shape index (κ1) is 10.1. The molecule has 86 valence electrons. The SMILES string of the molecule is O[C@H]1CCCC[C@@H]1NCC1(C2CC2)CC1. The molecule has 2 atom stereocenters. The molecule has 2 nitrogen and oxygen atoms in total. The smallest absolute Gasteiger partial charge is 0.0693 e. The van der Waals surface area contributed by atoms with E-state index in [1.54, 1.807) is 0 Å². The highest BCUT2D eigenvalue weighted by Crippen LogP contribution is 2.60. The molecule has 0 aromatic heterocycles. The van der Waals surface area contributed by atoms with Crippen LogP contribution in [0.25, 0.3) is 0 Å². The van der Waals surface area contributed by atoms with Crippen molar-refractivity contribution in [3.8, 4) is 0 Å². The summed E-state index contributed by atoms with van der Waals surface area (Å²) in [6, 6.07) is 0.398. The normalized spacial score (nSPS) is 39.0. The molecule has 2 N–H and O–H groups in total. The first-order valence-corrected chi connectivity index (χ1v) is 6.72. The fourth-order valence-electron chi connectivity index (χ4n) is 3.27. The topological polar surface area (TPSA) is 32.3 Å². The molecule has 0 aromatic rings. The molecule has 0 unspecified atom stereocenters. The van der Waals surface area contributed by atoms with E-state index < -0.39 is 0 Å². The molecule has 0 bridgehead atoms. The molecular formula is C13H23NO. The van der Waals surface area contributed by atoms with Crippen LogP contribution in [0.5, 0.6) is 0 Å². The number of rotatable bonds is 4. The van der Waals surface area contributed by atoms with Gasteiger partial charge in [-0.15, -0.1) is 0 Å². The summed E-state index contributed by atoms with van der Waals surface area (Å²) < 4.78 is 0. The quantitative estimate of drug-likeness (QED) is 0.743. The van der Waals surface area contributed by atoms with Gasteiger partial charge >= 0.3 is 0 Å². The maximum absolute atomic E-state index is 9.88. The molecule has 3 aliphatic rings. The van der Waals surface area contributed by atoms with Gasteiger partial charge in [0.1, 0.15) is 0 Å². The van der Waals surface area contributed by atoms with Gasteiger partial charge in [-0.2, -0.15) is 0 Å². The molecular weight excluding hydrogens is 186 g/mol. The van der Waals surface area contributed by atoms with Crippen LogP contribution in [0.2, 0.25) is 0 Å². The molecule has 3 fully saturated rings. The Labute approximate surface area is 92.4 Å². The second-order valence-corrected chi connectivity index (χ2v) is 5.98. The molecule has 3 rings (SSSR count). The van der Waals surface area contributed by atoms with E-state index in [9.17, 15) is 5.11 Å². The van der Waals surface area contributed by atoms with E-state index in [-0.39, 0.29) is 6.10 Å². The first-order valence-electron chi connectivity index (χ1n) is 6.72. The van der Waals surface area contributed by atoms with Crippen molar-refractivity contribution in [1.82, 2.24) is 5.32 Å². The van der Waals surface area contributed by atoms with Gasteiger partial charge in [0, 0.05) is 12.6 Å². The van der Waals surface area contributed by atoms with Crippen LogP contribution < -0.4 is 5.32 Å². The summed E-state index contributed by atoms with van der Waals surface area (Å²) in [4.78, 5) is 0. The van der Waals surface area contributed by atoms with Gasteiger partial charge in [-0.3, -0.25) is 0 Å². The lowest BCUT2D eigenvalue weighted by molar-refractivity contribution is 0.0873. The monoisotopic (exact) mass is 209 g/mol. The molecule has 0 aromatic carbocycles. The molecule has 15 heavy (non-hydrogen) atoms. The molecule has 0 saturated heterocycles. The largest absolute Gasteiger partial charge is 0.392 e. The number of aliphatic hydroxyl groups excluding tert-OH is 1. The third-order valence-electron chi connectivity index (χ3n) is 4.78. The van der Waals surface area contributed by atoms with Crippen molar-refractivity contribution in [2.75, 3.05) is 6.54 Å². The Morgan fingerprint density at radius 3 is 2.40 bits per heavy atom. The average molecular weight is 209 g/mol. The Balaban J connectivity index is 1.48. The molecule has 0 aliphatic heterocycles. The third-order valence-corrected chi connectivity index (χ3v) is 4.78. The Hall–Kier alpha value is -0.0800. The summed E-state index contributed by atoms with van der Waals surface area (Å²) in [5.74, 6) is 1.03. The maximum Gasteiger partial charge on any atom is 0.0693 e. The van der Waals surface area contributed by atoms with Crippen molar-refractivity contribution in [1.29, 1.82) is 0 Å². The summed E-state index contributed by atoms with van der Waals surface area (Å²) in [5, 5.41) is 13.5. The zero-order chi connectivity index (χ0) is 10.3. The minimum Gasteiger partial charge on any atom is -0.392 e. The maximum atomic E-state index is 9.88. The van der Waals surface area contributed by atoms with Gasteiger partial charge in [-0.1, -0.05) is 12.8 Å². The van der Waals surface area contributed by atoms with Gasteiger partial charge < -0.3 is 10.4 Å². The highest BCUT2D eigenvalue weighted by atomic mass is 16.3. The van der Waals surface area contributed by atoms with Crippen LogP contribution in [0.15, 0.2) is 0 Å². The number of hydrogen-bond acceptors (Lipinski definition) is 2. The molecule has 0 heterocycles.